The molecule has 0 amide bonds. The molecule has 1 heterocycles. The second kappa shape index (κ2) is 8.90. The number of carbonyl (C=O) groups excluding carboxylic acids is 1. The number of hydrogen-bond acceptors (Lipinski definition) is 4. The molecule has 1 aromatic rings. The molecule has 164 valence electrons. The van der Waals surface area contributed by atoms with E-state index in [0.717, 1.165) is 31.1 Å². The van der Waals surface area contributed by atoms with Crippen LogP contribution in [0.25, 0.3) is 0 Å². The fourth-order valence-corrected chi connectivity index (χ4v) is 7.03. The van der Waals surface area contributed by atoms with Gasteiger partial charge in [-0.25, -0.2) is 0 Å². The van der Waals surface area contributed by atoms with Gasteiger partial charge in [-0.15, -0.1) is 0 Å². The molecule has 3 aliphatic carbocycles. The van der Waals surface area contributed by atoms with Crippen molar-refractivity contribution in [3.63, 3.8) is 0 Å². The molecule has 5 rings (SSSR count). The highest BCUT2D eigenvalue weighted by atomic mass is 16.7. The van der Waals surface area contributed by atoms with Crippen LogP contribution in [-0.2, 0) is 21.4 Å². The van der Waals surface area contributed by atoms with Crippen molar-refractivity contribution < 1.29 is 14.3 Å². The number of benzene rings is 1. The monoisotopic (exact) mass is 411 g/mol. The van der Waals surface area contributed by atoms with Crippen molar-refractivity contribution in [1.29, 1.82) is 0 Å². The molecule has 4 nitrogen and oxygen atoms in total. The van der Waals surface area contributed by atoms with Crippen molar-refractivity contribution >= 4 is 5.97 Å². The lowest BCUT2D eigenvalue weighted by atomic mass is 9.53. The van der Waals surface area contributed by atoms with E-state index in [1.165, 1.54) is 75.3 Å². The molecule has 1 saturated heterocycles. The highest BCUT2D eigenvalue weighted by Gasteiger charge is 2.51. The molecule has 4 aliphatic rings. The Balaban J connectivity index is 1.18. The van der Waals surface area contributed by atoms with E-state index < -0.39 is 0 Å². The van der Waals surface area contributed by atoms with Crippen LogP contribution < -0.4 is 10.1 Å². The normalized spacial score (nSPS) is 30.8. The number of ether oxygens (including phenoxy) is 2. The van der Waals surface area contributed by atoms with Crippen molar-refractivity contribution in [3.8, 4) is 5.75 Å². The van der Waals surface area contributed by atoms with Crippen LogP contribution in [0.1, 0.15) is 88.2 Å². The Hall–Kier alpha value is -1.55. The number of hydrogen-bond donors (Lipinski definition) is 1. The summed E-state index contributed by atoms with van der Waals surface area (Å²) < 4.78 is 11.3. The van der Waals surface area contributed by atoms with Crippen molar-refractivity contribution in [2.45, 2.75) is 94.9 Å². The first kappa shape index (κ1) is 20.4. The average molecular weight is 412 g/mol. The molecule has 2 saturated carbocycles. The van der Waals surface area contributed by atoms with Crippen LogP contribution in [0.3, 0.4) is 0 Å². The second-order valence-corrected chi connectivity index (χ2v) is 10.2. The summed E-state index contributed by atoms with van der Waals surface area (Å²) in [4.78, 5) is 12.1. The molecule has 0 radical (unpaired) electrons. The number of nitrogens with one attached hydrogen (secondary N) is 1. The summed E-state index contributed by atoms with van der Waals surface area (Å²) in [6, 6.07) is 7.22. The zero-order valence-corrected chi connectivity index (χ0v) is 18.3. The Bertz CT molecular complexity index is 753. The summed E-state index contributed by atoms with van der Waals surface area (Å²) in [5.74, 6) is 2.21. The van der Waals surface area contributed by atoms with E-state index in [1.54, 1.807) is 0 Å². The molecular formula is C26H37NO3. The van der Waals surface area contributed by atoms with Gasteiger partial charge in [0.1, 0.15) is 5.75 Å². The Morgan fingerprint density at radius 1 is 1.07 bits per heavy atom. The summed E-state index contributed by atoms with van der Waals surface area (Å²) in [6.45, 7) is 1.16. The first-order valence-electron chi connectivity index (χ1n) is 12.4. The third kappa shape index (κ3) is 4.00. The molecule has 1 aliphatic heterocycles. The van der Waals surface area contributed by atoms with Gasteiger partial charge in [0.05, 0.1) is 0 Å². The van der Waals surface area contributed by atoms with Gasteiger partial charge in [-0.3, -0.25) is 4.79 Å². The number of carbonyl (C=O) groups is 1. The first-order valence-corrected chi connectivity index (χ1v) is 12.4. The second-order valence-electron chi connectivity index (χ2n) is 10.2. The maximum atomic E-state index is 12.1. The standard InChI is InChI=1S/C26H37NO3/c28-25(12-9-19-6-2-1-3-7-19)30-18-29-21-11-10-20-16-24-22-8-4-5-13-26(22,14-15-27-24)23(20)17-21/h10-11,17,19,22,24,27H,1-9,12-16,18H2/t22-,24+,26+/m0/s1. The molecular weight excluding hydrogens is 374 g/mol. The first-order chi connectivity index (χ1) is 14.7. The number of fused-ring (bicyclic) bond motifs is 1. The Kier molecular flexibility index (Phi) is 6.04. The van der Waals surface area contributed by atoms with E-state index in [1.807, 2.05) is 0 Å². The van der Waals surface area contributed by atoms with Crippen LogP contribution in [-0.4, -0.2) is 25.3 Å². The molecule has 30 heavy (non-hydrogen) atoms. The molecule has 2 bridgehead atoms. The van der Waals surface area contributed by atoms with Crippen molar-refractivity contribution in [2.24, 2.45) is 11.8 Å². The van der Waals surface area contributed by atoms with Crippen molar-refractivity contribution in [1.82, 2.24) is 5.32 Å². The van der Waals surface area contributed by atoms with Gasteiger partial charge < -0.3 is 14.8 Å². The van der Waals surface area contributed by atoms with E-state index in [2.05, 4.69) is 23.5 Å². The highest BCUT2D eigenvalue weighted by molar-refractivity contribution is 5.69. The Labute approximate surface area is 181 Å². The molecule has 3 fully saturated rings. The van der Waals surface area contributed by atoms with Crippen LogP contribution in [0.2, 0.25) is 0 Å². The van der Waals surface area contributed by atoms with Gasteiger partial charge in [-0.1, -0.05) is 51.0 Å². The van der Waals surface area contributed by atoms with Crippen LogP contribution >= 0.6 is 0 Å². The lowest BCUT2D eigenvalue weighted by molar-refractivity contribution is -0.150. The van der Waals surface area contributed by atoms with Crippen LogP contribution in [0.4, 0.5) is 0 Å². The summed E-state index contributed by atoms with van der Waals surface area (Å²) in [5, 5.41) is 3.79. The summed E-state index contributed by atoms with van der Waals surface area (Å²) >= 11 is 0. The van der Waals surface area contributed by atoms with E-state index >= 15 is 0 Å². The zero-order chi connectivity index (χ0) is 20.4. The highest BCUT2D eigenvalue weighted by Crippen LogP contribution is 2.54. The van der Waals surface area contributed by atoms with E-state index in [9.17, 15) is 4.79 Å². The summed E-state index contributed by atoms with van der Waals surface area (Å²) in [6.07, 6.45) is 15.8. The van der Waals surface area contributed by atoms with E-state index in [-0.39, 0.29) is 12.8 Å². The minimum Gasteiger partial charge on any atom is -0.457 e. The molecule has 0 aromatic heterocycles. The lowest BCUT2D eigenvalue weighted by Crippen LogP contribution is -2.59. The maximum absolute atomic E-state index is 12.1. The van der Waals surface area contributed by atoms with Gasteiger partial charge in [-0.2, -0.15) is 0 Å². The number of rotatable bonds is 6. The largest absolute Gasteiger partial charge is 0.457 e. The van der Waals surface area contributed by atoms with Gasteiger partial charge in [0.25, 0.3) is 0 Å². The zero-order valence-electron chi connectivity index (χ0n) is 18.3. The SMILES string of the molecule is O=C(CCC1CCCCC1)OCOc1ccc2c(c1)[C@@]13CCCC[C@H]1[C@@H](C2)NCC3. The number of esters is 1. The Morgan fingerprint density at radius 2 is 1.93 bits per heavy atom. The van der Waals surface area contributed by atoms with E-state index in [4.69, 9.17) is 9.47 Å². The summed E-state index contributed by atoms with van der Waals surface area (Å²) in [7, 11) is 0. The van der Waals surface area contributed by atoms with Gasteiger partial charge in [0, 0.05) is 17.9 Å². The van der Waals surface area contributed by atoms with Gasteiger partial charge >= 0.3 is 5.97 Å². The van der Waals surface area contributed by atoms with Crippen LogP contribution in [0.5, 0.6) is 5.75 Å². The molecule has 0 spiro atoms. The molecule has 1 N–H and O–H groups in total. The maximum Gasteiger partial charge on any atom is 0.308 e. The predicted molar refractivity (Wildman–Crippen MR) is 118 cm³/mol. The lowest BCUT2D eigenvalue weighted by Gasteiger charge is -2.56. The van der Waals surface area contributed by atoms with Gasteiger partial charge in [0.15, 0.2) is 0 Å². The van der Waals surface area contributed by atoms with Gasteiger partial charge in [0.2, 0.25) is 6.79 Å². The molecule has 4 heteroatoms. The topological polar surface area (TPSA) is 47.6 Å². The third-order valence-corrected chi connectivity index (χ3v) is 8.55. The van der Waals surface area contributed by atoms with Crippen molar-refractivity contribution in [3.05, 3.63) is 29.3 Å². The molecule has 3 atom stereocenters. The summed E-state index contributed by atoms with van der Waals surface area (Å²) in [5.41, 5.74) is 3.34. The Morgan fingerprint density at radius 3 is 2.83 bits per heavy atom. The number of piperidine rings is 1. The van der Waals surface area contributed by atoms with E-state index in [0.29, 0.717) is 23.8 Å². The minimum absolute atomic E-state index is 0.0307. The third-order valence-electron chi connectivity index (χ3n) is 8.55. The fraction of sp³-hybridized carbons (Fsp3) is 0.731. The molecule has 0 unspecified atom stereocenters. The molecule has 1 aromatic carbocycles. The fourth-order valence-electron chi connectivity index (χ4n) is 7.03. The minimum atomic E-state index is -0.120. The van der Waals surface area contributed by atoms with Crippen LogP contribution in [0, 0.1) is 11.8 Å². The smallest absolute Gasteiger partial charge is 0.308 e. The van der Waals surface area contributed by atoms with Gasteiger partial charge in [-0.05, 0) is 73.7 Å². The van der Waals surface area contributed by atoms with Crippen LogP contribution in [0.15, 0.2) is 18.2 Å². The quantitative estimate of drug-likeness (QED) is 0.511. The average Bonchev–Trinajstić information content (AvgIpc) is 2.79. The predicted octanol–water partition coefficient (Wildman–Crippen LogP) is 5.27. The van der Waals surface area contributed by atoms with Crippen molar-refractivity contribution in [2.75, 3.05) is 13.3 Å².